The normalized spacial score (nSPS) is 26.2. The molecule has 0 radical (unpaired) electrons. The minimum Gasteiger partial charge on any atom is -0.461 e. The first-order chi connectivity index (χ1) is 13.4. The number of ether oxygens (including phenoxy) is 1. The standard InChI is InChI=1S/C21H26N4O3/c1-25-19(22)17(20(23)26)18(24-25)15-7-13-9-16(10-14(13)8-15)21(27)28-11-12-5-3-2-4-6-12/h2-6,13-16H,7-11,22H2,1H3,(H2,23,26)/t13-,14+,15-,16?. The van der Waals surface area contributed by atoms with E-state index in [0.717, 1.165) is 31.2 Å². The molecular formula is C21H26N4O3. The summed E-state index contributed by atoms with van der Waals surface area (Å²) in [4.78, 5) is 24.3. The van der Waals surface area contributed by atoms with Gasteiger partial charge in [0.15, 0.2) is 0 Å². The number of carbonyl (C=O) groups is 2. The maximum atomic E-state index is 12.5. The maximum absolute atomic E-state index is 12.5. The van der Waals surface area contributed by atoms with Crippen LogP contribution < -0.4 is 11.5 Å². The van der Waals surface area contributed by atoms with Gasteiger partial charge < -0.3 is 16.2 Å². The van der Waals surface area contributed by atoms with Crippen LogP contribution >= 0.6 is 0 Å². The Kier molecular flexibility index (Phi) is 4.83. The summed E-state index contributed by atoms with van der Waals surface area (Å²) in [5.41, 5.74) is 13.6. The van der Waals surface area contributed by atoms with Crippen LogP contribution in [0.2, 0.25) is 0 Å². The lowest BCUT2D eigenvalue weighted by Crippen LogP contribution is -2.17. The second kappa shape index (κ2) is 7.30. The average Bonchev–Trinajstić information content (AvgIpc) is 3.32. The largest absolute Gasteiger partial charge is 0.461 e. The molecule has 7 heteroatoms. The summed E-state index contributed by atoms with van der Waals surface area (Å²) >= 11 is 0. The molecular weight excluding hydrogens is 356 g/mol. The van der Waals surface area contributed by atoms with Gasteiger partial charge in [0.1, 0.15) is 18.0 Å². The Morgan fingerprint density at radius 1 is 1.14 bits per heavy atom. The van der Waals surface area contributed by atoms with Crippen LogP contribution in [0.15, 0.2) is 30.3 Å². The van der Waals surface area contributed by atoms with Gasteiger partial charge in [0.2, 0.25) is 0 Å². The molecule has 0 bridgehead atoms. The molecule has 2 aliphatic rings. The van der Waals surface area contributed by atoms with Gasteiger partial charge in [-0.2, -0.15) is 5.10 Å². The van der Waals surface area contributed by atoms with Gasteiger partial charge in [-0.1, -0.05) is 30.3 Å². The van der Waals surface area contributed by atoms with Crippen LogP contribution in [-0.4, -0.2) is 21.7 Å². The molecule has 0 aliphatic heterocycles. The van der Waals surface area contributed by atoms with Crippen molar-refractivity contribution in [2.45, 2.75) is 38.2 Å². The molecule has 2 aromatic rings. The number of nitrogens with two attached hydrogens (primary N) is 2. The number of hydrogen-bond donors (Lipinski definition) is 2. The summed E-state index contributed by atoms with van der Waals surface area (Å²) in [6, 6.07) is 9.73. The van der Waals surface area contributed by atoms with E-state index < -0.39 is 5.91 Å². The van der Waals surface area contributed by atoms with Crippen molar-refractivity contribution in [2.75, 3.05) is 5.73 Å². The van der Waals surface area contributed by atoms with Crippen LogP contribution in [0, 0.1) is 17.8 Å². The number of nitrogens with zero attached hydrogens (tertiary/aromatic N) is 2. The number of rotatable bonds is 5. The third-order valence-electron chi connectivity index (χ3n) is 6.32. The van der Waals surface area contributed by atoms with E-state index in [4.69, 9.17) is 16.2 Å². The lowest BCUT2D eigenvalue weighted by molar-refractivity contribution is -0.149. The molecule has 1 amide bonds. The number of primary amides is 1. The third-order valence-corrected chi connectivity index (χ3v) is 6.32. The molecule has 7 nitrogen and oxygen atoms in total. The topological polar surface area (TPSA) is 113 Å². The number of fused-ring (bicyclic) bond motifs is 1. The highest BCUT2D eigenvalue weighted by Gasteiger charge is 2.46. The Bertz CT molecular complexity index is 879. The molecule has 2 saturated carbocycles. The number of hydrogen-bond acceptors (Lipinski definition) is 5. The van der Waals surface area contributed by atoms with Crippen LogP contribution in [0.3, 0.4) is 0 Å². The van der Waals surface area contributed by atoms with E-state index in [-0.39, 0.29) is 17.8 Å². The second-order valence-corrected chi connectivity index (χ2v) is 8.08. The fourth-order valence-electron chi connectivity index (χ4n) is 4.98. The number of nitrogen functional groups attached to an aromatic ring is 1. The minimum absolute atomic E-state index is 0.0379. The highest BCUT2D eigenvalue weighted by atomic mass is 16.5. The van der Waals surface area contributed by atoms with Gasteiger partial charge >= 0.3 is 5.97 Å². The first-order valence-electron chi connectivity index (χ1n) is 9.76. The van der Waals surface area contributed by atoms with Gasteiger partial charge in [-0.25, -0.2) is 0 Å². The smallest absolute Gasteiger partial charge is 0.309 e. The SMILES string of the molecule is Cn1nc([C@H]2C[C@H]3CC(C(=O)OCc4ccccc4)C[C@H]3C2)c(C(N)=O)c1N. The summed E-state index contributed by atoms with van der Waals surface area (Å²) in [5.74, 6) is 0.717. The summed E-state index contributed by atoms with van der Waals surface area (Å²) in [6.07, 6.45) is 3.49. The maximum Gasteiger partial charge on any atom is 0.309 e. The molecule has 4 atom stereocenters. The number of aromatic nitrogens is 2. The van der Waals surface area contributed by atoms with Gasteiger partial charge in [-0.3, -0.25) is 14.3 Å². The van der Waals surface area contributed by atoms with Gasteiger partial charge in [-0.05, 0) is 43.1 Å². The van der Waals surface area contributed by atoms with Gasteiger partial charge in [0.05, 0.1) is 11.6 Å². The summed E-state index contributed by atoms with van der Waals surface area (Å²) in [6.45, 7) is 0.323. The van der Waals surface area contributed by atoms with E-state index in [0.29, 0.717) is 35.5 Å². The van der Waals surface area contributed by atoms with E-state index in [1.807, 2.05) is 30.3 Å². The molecule has 1 aromatic heterocycles. The molecule has 4 N–H and O–H groups in total. The fraction of sp³-hybridized carbons (Fsp3) is 0.476. The first kappa shape index (κ1) is 18.5. The Labute approximate surface area is 164 Å². The van der Waals surface area contributed by atoms with E-state index in [2.05, 4.69) is 5.10 Å². The van der Waals surface area contributed by atoms with Crippen molar-refractivity contribution in [2.24, 2.45) is 30.5 Å². The second-order valence-electron chi connectivity index (χ2n) is 8.08. The number of carbonyl (C=O) groups excluding carboxylic acids is 2. The highest BCUT2D eigenvalue weighted by Crippen LogP contribution is 2.53. The first-order valence-corrected chi connectivity index (χ1v) is 9.76. The number of aryl methyl sites for hydroxylation is 1. The molecule has 0 saturated heterocycles. The molecule has 148 valence electrons. The predicted molar refractivity (Wildman–Crippen MR) is 104 cm³/mol. The molecule has 1 unspecified atom stereocenters. The summed E-state index contributed by atoms with van der Waals surface area (Å²) < 4.78 is 7.05. The molecule has 2 fully saturated rings. The minimum atomic E-state index is -0.528. The molecule has 28 heavy (non-hydrogen) atoms. The Morgan fingerprint density at radius 2 is 1.79 bits per heavy atom. The van der Waals surface area contributed by atoms with Crippen LogP contribution in [0.4, 0.5) is 5.82 Å². The number of anilines is 1. The van der Waals surface area contributed by atoms with Crippen LogP contribution in [-0.2, 0) is 23.2 Å². The highest BCUT2D eigenvalue weighted by molar-refractivity contribution is 5.98. The molecule has 1 heterocycles. The van der Waals surface area contributed by atoms with Crippen molar-refractivity contribution >= 4 is 17.7 Å². The summed E-state index contributed by atoms with van der Waals surface area (Å²) in [5, 5.41) is 4.46. The molecule has 2 aliphatic carbocycles. The molecule has 1 aromatic carbocycles. The zero-order chi connectivity index (χ0) is 19.8. The molecule has 0 spiro atoms. The van der Waals surface area contributed by atoms with Crippen LogP contribution in [0.25, 0.3) is 0 Å². The van der Waals surface area contributed by atoms with E-state index >= 15 is 0 Å². The quantitative estimate of drug-likeness (QED) is 0.771. The Morgan fingerprint density at radius 3 is 2.39 bits per heavy atom. The van der Waals surface area contributed by atoms with Crippen LogP contribution in [0.1, 0.15) is 53.2 Å². The van der Waals surface area contributed by atoms with Crippen molar-refractivity contribution < 1.29 is 14.3 Å². The zero-order valence-corrected chi connectivity index (χ0v) is 16.0. The van der Waals surface area contributed by atoms with E-state index in [1.165, 1.54) is 4.68 Å². The van der Waals surface area contributed by atoms with Crippen molar-refractivity contribution in [1.29, 1.82) is 0 Å². The van der Waals surface area contributed by atoms with Crippen molar-refractivity contribution in [3.05, 3.63) is 47.2 Å². The van der Waals surface area contributed by atoms with Crippen LogP contribution in [0.5, 0.6) is 0 Å². The lowest BCUT2D eigenvalue weighted by atomic mass is 9.94. The monoisotopic (exact) mass is 382 g/mol. The fourth-order valence-corrected chi connectivity index (χ4v) is 4.98. The Balaban J connectivity index is 1.37. The number of benzene rings is 1. The van der Waals surface area contributed by atoms with Gasteiger partial charge in [0, 0.05) is 13.0 Å². The van der Waals surface area contributed by atoms with Crippen molar-refractivity contribution in [3.63, 3.8) is 0 Å². The average molecular weight is 382 g/mol. The number of amides is 1. The third kappa shape index (κ3) is 3.37. The van der Waals surface area contributed by atoms with Crippen molar-refractivity contribution in [1.82, 2.24) is 9.78 Å². The Hall–Kier alpha value is -2.83. The predicted octanol–water partition coefficient (Wildman–Crippen LogP) is 2.36. The summed E-state index contributed by atoms with van der Waals surface area (Å²) in [7, 11) is 1.72. The van der Waals surface area contributed by atoms with E-state index in [1.54, 1.807) is 7.05 Å². The lowest BCUT2D eigenvalue weighted by Gasteiger charge is -2.14. The van der Waals surface area contributed by atoms with E-state index in [9.17, 15) is 9.59 Å². The molecule has 4 rings (SSSR count). The zero-order valence-electron chi connectivity index (χ0n) is 16.0. The number of esters is 1. The van der Waals surface area contributed by atoms with Gasteiger partial charge in [-0.15, -0.1) is 0 Å². The van der Waals surface area contributed by atoms with Gasteiger partial charge in [0.25, 0.3) is 5.91 Å². The van der Waals surface area contributed by atoms with Crippen molar-refractivity contribution in [3.8, 4) is 0 Å².